The molecule has 0 spiro atoms. The fourth-order valence-electron chi connectivity index (χ4n) is 1.32. The van der Waals surface area contributed by atoms with Gasteiger partial charge in [-0.25, -0.2) is 0 Å². The topological polar surface area (TPSA) is 45.0 Å². The second-order valence-electron chi connectivity index (χ2n) is 3.70. The quantitative estimate of drug-likeness (QED) is 0.591. The van der Waals surface area contributed by atoms with Gasteiger partial charge in [0, 0.05) is 0 Å². The molecule has 3 heteroatoms. The van der Waals surface area contributed by atoms with Crippen molar-refractivity contribution in [2.45, 2.75) is 20.3 Å². The van der Waals surface area contributed by atoms with Crippen molar-refractivity contribution in [1.29, 1.82) is 0 Å². The molecule has 94 valence electrons. The zero-order chi connectivity index (χ0) is 13.4. The molecule has 1 aromatic rings. The Balaban J connectivity index is 2.98. The second-order valence-corrected chi connectivity index (χ2v) is 3.70. The maximum atomic E-state index is 9.68. The standard InChI is InChI=1S/C15H18N2O/c1-4-7-8-13(6-3)16-17-14-11-12(5-2)9-10-15(14)18/h4,6-11,18H,3,5H2,1-2H3/b7-4-,13-8+,17-16?. The minimum Gasteiger partial charge on any atom is -0.506 e. The zero-order valence-electron chi connectivity index (χ0n) is 10.8. The van der Waals surface area contributed by atoms with Crippen LogP contribution in [0.1, 0.15) is 19.4 Å². The predicted molar refractivity (Wildman–Crippen MR) is 75.1 cm³/mol. The lowest BCUT2D eigenvalue weighted by Gasteiger charge is -2.00. The lowest BCUT2D eigenvalue weighted by atomic mass is 10.1. The van der Waals surface area contributed by atoms with Gasteiger partial charge in [-0.05, 0) is 43.2 Å². The molecule has 0 saturated heterocycles. The first-order valence-corrected chi connectivity index (χ1v) is 5.90. The average Bonchev–Trinajstić information content (AvgIpc) is 2.40. The smallest absolute Gasteiger partial charge is 0.143 e. The van der Waals surface area contributed by atoms with E-state index in [-0.39, 0.29) is 5.75 Å². The summed E-state index contributed by atoms with van der Waals surface area (Å²) in [6.07, 6.45) is 8.07. The third-order valence-electron chi connectivity index (χ3n) is 2.39. The highest BCUT2D eigenvalue weighted by Gasteiger charge is 2.00. The number of azo groups is 1. The van der Waals surface area contributed by atoms with Gasteiger partial charge < -0.3 is 5.11 Å². The van der Waals surface area contributed by atoms with E-state index >= 15 is 0 Å². The van der Waals surface area contributed by atoms with E-state index in [2.05, 4.69) is 23.7 Å². The molecule has 1 rings (SSSR count). The Morgan fingerprint density at radius 3 is 2.83 bits per heavy atom. The summed E-state index contributed by atoms with van der Waals surface area (Å²) in [6.45, 7) is 7.64. The molecule has 0 unspecified atom stereocenters. The maximum Gasteiger partial charge on any atom is 0.143 e. The molecule has 0 aliphatic rings. The highest BCUT2D eigenvalue weighted by molar-refractivity contribution is 5.52. The van der Waals surface area contributed by atoms with Crippen molar-refractivity contribution in [2.75, 3.05) is 0 Å². The molecular formula is C15H18N2O. The zero-order valence-corrected chi connectivity index (χ0v) is 10.8. The van der Waals surface area contributed by atoms with Crippen molar-refractivity contribution >= 4 is 5.69 Å². The van der Waals surface area contributed by atoms with Crippen LogP contribution in [0.3, 0.4) is 0 Å². The number of benzene rings is 1. The molecule has 0 heterocycles. The third kappa shape index (κ3) is 4.01. The largest absolute Gasteiger partial charge is 0.506 e. The summed E-state index contributed by atoms with van der Waals surface area (Å²) in [6, 6.07) is 5.34. The first-order chi connectivity index (χ1) is 8.71. The molecule has 1 N–H and O–H groups in total. The number of aromatic hydroxyl groups is 1. The van der Waals surface area contributed by atoms with E-state index in [9.17, 15) is 5.11 Å². The Morgan fingerprint density at radius 1 is 1.44 bits per heavy atom. The average molecular weight is 242 g/mol. The van der Waals surface area contributed by atoms with Gasteiger partial charge in [-0.3, -0.25) is 0 Å². The summed E-state index contributed by atoms with van der Waals surface area (Å²) in [5, 5.41) is 17.8. The van der Waals surface area contributed by atoms with Crippen LogP contribution in [0.2, 0.25) is 0 Å². The maximum absolute atomic E-state index is 9.68. The van der Waals surface area contributed by atoms with Crippen LogP contribution in [0.25, 0.3) is 0 Å². The molecule has 0 amide bonds. The van der Waals surface area contributed by atoms with Crippen LogP contribution >= 0.6 is 0 Å². The molecule has 3 nitrogen and oxygen atoms in total. The van der Waals surface area contributed by atoms with E-state index in [1.54, 1.807) is 18.2 Å². The number of allylic oxidation sites excluding steroid dienone is 4. The van der Waals surface area contributed by atoms with Crippen molar-refractivity contribution in [3.8, 4) is 5.75 Å². The van der Waals surface area contributed by atoms with Gasteiger partial charge in [0.05, 0.1) is 5.70 Å². The molecular weight excluding hydrogens is 224 g/mol. The van der Waals surface area contributed by atoms with Crippen molar-refractivity contribution in [3.63, 3.8) is 0 Å². The Hall–Kier alpha value is -2.16. The SMILES string of the molecule is C=C/C(=C\C=C/C)N=Nc1cc(CC)ccc1O. The molecule has 0 aliphatic heterocycles. The van der Waals surface area contributed by atoms with Crippen molar-refractivity contribution in [2.24, 2.45) is 10.2 Å². The van der Waals surface area contributed by atoms with Crippen LogP contribution in [-0.2, 0) is 6.42 Å². The second kappa shape index (κ2) is 7.22. The van der Waals surface area contributed by atoms with Crippen LogP contribution in [-0.4, -0.2) is 5.11 Å². The summed E-state index contributed by atoms with van der Waals surface area (Å²) in [4.78, 5) is 0. The monoisotopic (exact) mass is 242 g/mol. The van der Waals surface area contributed by atoms with Gasteiger partial charge in [0.25, 0.3) is 0 Å². The number of hydrogen-bond acceptors (Lipinski definition) is 3. The van der Waals surface area contributed by atoms with Gasteiger partial charge in [0.15, 0.2) is 0 Å². The molecule has 0 atom stereocenters. The number of nitrogens with zero attached hydrogens (tertiary/aromatic N) is 2. The molecule has 0 aromatic heterocycles. The van der Waals surface area contributed by atoms with Crippen LogP contribution in [0.5, 0.6) is 5.75 Å². The normalized spacial score (nSPS) is 12.4. The molecule has 0 saturated carbocycles. The Bertz CT molecular complexity index is 499. The van der Waals surface area contributed by atoms with Crippen LogP contribution < -0.4 is 0 Å². The Morgan fingerprint density at radius 2 is 2.22 bits per heavy atom. The van der Waals surface area contributed by atoms with Crippen LogP contribution in [0.4, 0.5) is 5.69 Å². The van der Waals surface area contributed by atoms with Gasteiger partial charge in [-0.15, -0.1) is 5.11 Å². The number of aryl methyl sites for hydroxylation is 1. The third-order valence-corrected chi connectivity index (χ3v) is 2.39. The van der Waals surface area contributed by atoms with Crippen LogP contribution in [0.15, 0.2) is 65.0 Å². The number of hydrogen-bond donors (Lipinski definition) is 1. The summed E-state index contributed by atoms with van der Waals surface area (Å²) in [5.41, 5.74) is 2.23. The van der Waals surface area contributed by atoms with Gasteiger partial charge in [-0.1, -0.05) is 31.7 Å². The summed E-state index contributed by atoms with van der Waals surface area (Å²) in [5.74, 6) is 0.130. The first kappa shape index (κ1) is 13.9. The van der Waals surface area contributed by atoms with E-state index in [0.29, 0.717) is 11.4 Å². The lowest BCUT2D eigenvalue weighted by Crippen LogP contribution is -1.78. The summed E-state index contributed by atoms with van der Waals surface area (Å²) >= 11 is 0. The predicted octanol–water partition coefficient (Wildman–Crippen LogP) is 4.68. The van der Waals surface area contributed by atoms with E-state index in [0.717, 1.165) is 12.0 Å². The molecule has 0 fully saturated rings. The van der Waals surface area contributed by atoms with Crippen LogP contribution in [0, 0.1) is 0 Å². The van der Waals surface area contributed by atoms with Crippen molar-refractivity contribution in [1.82, 2.24) is 0 Å². The van der Waals surface area contributed by atoms with Gasteiger partial charge in [-0.2, -0.15) is 5.11 Å². The number of phenols is 1. The van der Waals surface area contributed by atoms with Gasteiger partial charge in [0.2, 0.25) is 0 Å². The van der Waals surface area contributed by atoms with E-state index in [1.165, 1.54) is 0 Å². The summed E-state index contributed by atoms with van der Waals surface area (Å²) < 4.78 is 0. The molecule has 0 aliphatic carbocycles. The molecule has 0 bridgehead atoms. The minimum absolute atomic E-state index is 0.130. The minimum atomic E-state index is 0.130. The Kier molecular flexibility index (Phi) is 5.58. The first-order valence-electron chi connectivity index (χ1n) is 5.90. The summed E-state index contributed by atoms with van der Waals surface area (Å²) in [7, 11) is 0. The van der Waals surface area contributed by atoms with Crippen molar-refractivity contribution in [3.05, 3.63) is 60.3 Å². The number of rotatable bonds is 5. The van der Waals surface area contributed by atoms with E-state index < -0.39 is 0 Å². The van der Waals surface area contributed by atoms with Gasteiger partial charge in [0.1, 0.15) is 11.4 Å². The molecule has 1 aromatic carbocycles. The van der Waals surface area contributed by atoms with Crippen molar-refractivity contribution < 1.29 is 5.11 Å². The fraction of sp³-hybridized carbons (Fsp3) is 0.200. The fourth-order valence-corrected chi connectivity index (χ4v) is 1.32. The van der Waals surface area contributed by atoms with E-state index in [4.69, 9.17) is 0 Å². The molecule has 0 radical (unpaired) electrons. The highest BCUT2D eigenvalue weighted by Crippen LogP contribution is 2.28. The Labute approximate surface area is 108 Å². The van der Waals surface area contributed by atoms with E-state index in [1.807, 2.05) is 31.2 Å². The molecule has 18 heavy (non-hydrogen) atoms. The lowest BCUT2D eigenvalue weighted by molar-refractivity contribution is 0.476. The highest BCUT2D eigenvalue weighted by atomic mass is 16.3. The number of phenolic OH excluding ortho intramolecular Hbond substituents is 1. The van der Waals surface area contributed by atoms with Gasteiger partial charge >= 0.3 is 0 Å².